The number of nitrogens with zero attached hydrogens (tertiary/aromatic N) is 2. The van der Waals surface area contributed by atoms with Gasteiger partial charge in [0.1, 0.15) is 4.88 Å². The number of rotatable bonds is 7. The van der Waals surface area contributed by atoms with E-state index in [0.717, 1.165) is 18.1 Å². The number of aromatic carboxylic acids is 1. The Bertz CT molecular complexity index is 379. The number of carbonyl (C=O) groups is 1. The third-order valence-corrected chi connectivity index (χ3v) is 3.58. The molecule has 0 atom stereocenters. The van der Waals surface area contributed by atoms with Crippen LogP contribution in [0.4, 0.5) is 5.13 Å². The summed E-state index contributed by atoms with van der Waals surface area (Å²) in [6.45, 7) is 3.42. The Kier molecular flexibility index (Phi) is 5.37. The largest absolute Gasteiger partial charge is 0.477 e. The molecule has 1 N–H and O–H groups in total. The van der Waals surface area contributed by atoms with Crippen LogP contribution >= 0.6 is 11.3 Å². The van der Waals surface area contributed by atoms with Crippen LogP contribution in [0.2, 0.25) is 0 Å². The van der Waals surface area contributed by atoms with Crippen LogP contribution in [0.25, 0.3) is 0 Å². The molecule has 1 aromatic rings. The van der Waals surface area contributed by atoms with Crippen molar-refractivity contribution in [2.75, 3.05) is 32.2 Å². The van der Waals surface area contributed by atoms with E-state index in [1.54, 1.807) is 7.11 Å². The van der Waals surface area contributed by atoms with Gasteiger partial charge in [-0.05, 0) is 12.8 Å². The van der Waals surface area contributed by atoms with Gasteiger partial charge in [-0.15, -0.1) is 0 Å². The lowest BCUT2D eigenvalue weighted by atomic mass is 10.3. The van der Waals surface area contributed by atoms with Gasteiger partial charge in [0.25, 0.3) is 0 Å². The highest BCUT2D eigenvalue weighted by Gasteiger charge is 2.17. The Morgan fingerprint density at radius 3 is 2.76 bits per heavy atom. The predicted molar refractivity (Wildman–Crippen MR) is 68.2 cm³/mol. The van der Waals surface area contributed by atoms with Crippen LogP contribution < -0.4 is 4.90 Å². The van der Waals surface area contributed by atoms with E-state index in [1.165, 1.54) is 11.3 Å². The number of aromatic nitrogens is 1. The molecule has 96 valence electrons. The normalized spacial score (nSPS) is 10.5. The smallest absolute Gasteiger partial charge is 0.347 e. The molecule has 1 heterocycles. The first-order valence-corrected chi connectivity index (χ1v) is 6.34. The zero-order valence-corrected chi connectivity index (χ0v) is 11.2. The quantitative estimate of drug-likeness (QED) is 0.757. The fourth-order valence-corrected chi connectivity index (χ4v) is 2.43. The van der Waals surface area contributed by atoms with E-state index < -0.39 is 5.97 Å². The summed E-state index contributed by atoms with van der Waals surface area (Å²) in [7, 11) is 3.58. The lowest BCUT2D eigenvalue weighted by Crippen LogP contribution is -2.19. The molecule has 5 nitrogen and oxygen atoms in total. The van der Waals surface area contributed by atoms with Gasteiger partial charge in [-0.2, -0.15) is 0 Å². The molecule has 0 fully saturated rings. The van der Waals surface area contributed by atoms with Crippen molar-refractivity contribution in [2.24, 2.45) is 0 Å². The maximum absolute atomic E-state index is 11.0. The van der Waals surface area contributed by atoms with Crippen LogP contribution in [0, 0.1) is 0 Å². The standard InChI is InChI=1S/C11H18N2O3S/c1-4-8-9(10(14)15)17-11(12-8)13(2)6-5-7-16-3/h4-7H2,1-3H3,(H,14,15). The van der Waals surface area contributed by atoms with Gasteiger partial charge in [-0.3, -0.25) is 0 Å². The first kappa shape index (κ1) is 13.9. The van der Waals surface area contributed by atoms with Crippen molar-refractivity contribution in [3.05, 3.63) is 10.6 Å². The SMILES string of the molecule is CCc1nc(N(C)CCCOC)sc1C(=O)O. The molecule has 0 aliphatic heterocycles. The second-order valence-corrected chi connectivity index (χ2v) is 4.68. The molecular weight excluding hydrogens is 240 g/mol. The van der Waals surface area contributed by atoms with E-state index in [-0.39, 0.29) is 0 Å². The van der Waals surface area contributed by atoms with E-state index >= 15 is 0 Å². The summed E-state index contributed by atoms with van der Waals surface area (Å²) < 4.78 is 4.98. The zero-order chi connectivity index (χ0) is 12.8. The molecule has 17 heavy (non-hydrogen) atoms. The number of hydrogen-bond donors (Lipinski definition) is 1. The molecule has 0 saturated carbocycles. The van der Waals surface area contributed by atoms with E-state index in [2.05, 4.69) is 4.98 Å². The summed E-state index contributed by atoms with van der Waals surface area (Å²) in [6.07, 6.45) is 1.54. The molecule has 0 aliphatic carbocycles. The highest BCUT2D eigenvalue weighted by molar-refractivity contribution is 7.17. The van der Waals surface area contributed by atoms with Crippen molar-refractivity contribution in [3.63, 3.8) is 0 Å². The second kappa shape index (κ2) is 6.56. The van der Waals surface area contributed by atoms with Gasteiger partial charge in [-0.25, -0.2) is 9.78 Å². The lowest BCUT2D eigenvalue weighted by molar-refractivity contribution is 0.0701. The topological polar surface area (TPSA) is 62.7 Å². The Labute approximate surface area is 105 Å². The minimum absolute atomic E-state index is 0.348. The minimum atomic E-state index is -0.893. The Morgan fingerprint density at radius 2 is 2.29 bits per heavy atom. The number of ether oxygens (including phenoxy) is 1. The number of carboxylic acids is 1. The number of anilines is 1. The maximum atomic E-state index is 11.0. The molecule has 0 aliphatic rings. The first-order valence-electron chi connectivity index (χ1n) is 5.53. The van der Waals surface area contributed by atoms with Crippen molar-refractivity contribution in [1.29, 1.82) is 0 Å². The summed E-state index contributed by atoms with van der Waals surface area (Å²) in [5.74, 6) is -0.893. The zero-order valence-electron chi connectivity index (χ0n) is 10.4. The van der Waals surface area contributed by atoms with E-state index in [1.807, 2.05) is 18.9 Å². The van der Waals surface area contributed by atoms with Crippen molar-refractivity contribution in [1.82, 2.24) is 4.98 Å². The highest BCUT2D eigenvalue weighted by Crippen LogP contribution is 2.26. The molecule has 0 bridgehead atoms. The van der Waals surface area contributed by atoms with Crippen molar-refractivity contribution in [3.8, 4) is 0 Å². The summed E-state index contributed by atoms with van der Waals surface area (Å²) in [5.41, 5.74) is 0.663. The van der Waals surface area contributed by atoms with E-state index in [9.17, 15) is 4.79 Å². The molecule has 1 rings (SSSR count). The third-order valence-electron chi connectivity index (χ3n) is 2.38. The summed E-state index contributed by atoms with van der Waals surface area (Å²) in [5, 5.41) is 9.80. The van der Waals surface area contributed by atoms with Gasteiger partial charge in [-0.1, -0.05) is 18.3 Å². The molecule has 0 unspecified atom stereocenters. The molecule has 0 spiro atoms. The fraction of sp³-hybridized carbons (Fsp3) is 0.636. The first-order chi connectivity index (χ1) is 8.10. The molecular formula is C11H18N2O3S. The van der Waals surface area contributed by atoms with Gasteiger partial charge < -0.3 is 14.7 Å². The van der Waals surface area contributed by atoms with E-state index in [0.29, 0.717) is 23.6 Å². The van der Waals surface area contributed by atoms with Crippen LogP contribution in [-0.2, 0) is 11.2 Å². The summed E-state index contributed by atoms with van der Waals surface area (Å²) in [4.78, 5) is 17.7. The maximum Gasteiger partial charge on any atom is 0.347 e. The number of aryl methyl sites for hydroxylation is 1. The summed E-state index contributed by atoms with van der Waals surface area (Å²) in [6, 6.07) is 0. The Hall–Kier alpha value is -1.14. The second-order valence-electron chi connectivity index (χ2n) is 3.70. The van der Waals surface area contributed by atoms with Crippen LogP contribution in [0.1, 0.15) is 28.7 Å². The molecule has 1 aromatic heterocycles. The highest BCUT2D eigenvalue weighted by atomic mass is 32.1. The summed E-state index contributed by atoms with van der Waals surface area (Å²) >= 11 is 1.23. The Morgan fingerprint density at radius 1 is 1.59 bits per heavy atom. The Balaban J connectivity index is 2.73. The van der Waals surface area contributed by atoms with Crippen molar-refractivity contribution >= 4 is 22.4 Å². The molecule has 0 saturated heterocycles. The van der Waals surface area contributed by atoms with Crippen molar-refractivity contribution in [2.45, 2.75) is 19.8 Å². The lowest BCUT2D eigenvalue weighted by Gasteiger charge is -2.14. The van der Waals surface area contributed by atoms with Gasteiger partial charge >= 0.3 is 5.97 Å². The van der Waals surface area contributed by atoms with E-state index in [4.69, 9.17) is 9.84 Å². The third kappa shape index (κ3) is 3.67. The number of hydrogen-bond acceptors (Lipinski definition) is 5. The van der Waals surface area contributed by atoms with Gasteiger partial charge in [0.05, 0.1) is 5.69 Å². The minimum Gasteiger partial charge on any atom is -0.477 e. The van der Waals surface area contributed by atoms with Crippen molar-refractivity contribution < 1.29 is 14.6 Å². The predicted octanol–water partition coefficient (Wildman–Crippen LogP) is 1.88. The van der Waals surface area contributed by atoms with Crippen LogP contribution in [0.3, 0.4) is 0 Å². The van der Waals surface area contributed by atoms with Crippen LogP contribution in [-0.4, -0.2) is 43.4 Å². The monoisotopic (exact) mass is 258 g/mol. The molecule has 0 aromatic carbocycles. The van der Waals surface area contributed by atoms with Gasteiger partial charge in [0.15, 0.2) is 5.13 Å². The number of methoxy groups -OCH3 is 1. The molecule has 6 heteroatoms. The van der Waals surface area contributed by atoms with Gasteiger partial charge in [0.2, 0.25) is 0 Å². The molecule has 0 amide bonds. The number of thiazole rings is 1. The fourth-order valence-electron chi connectivity index (χ4n) is 1.45. The van der Waals surface area contributed by atoms with Crippen LogP contribution in [0.15, 0.2) is 0 Å². The average molecular weight is 258 g/mol. The van der Waals surface area contributed by atoms with Crippen LogP contribution in [0.5, 0.6) is 0 Å². The average Bonchev–Trinajstić information content (AvgIpc) is 2.73. The van der Waals surface area contributed by atoms with Gasteiger partial charge in [0, 0.05) is 27.3 Å². The number of carboxylic acid groups (broad SMARTS) is 1. The molecule has 0 radical (unpaired) electrons.